The molecule has 0 saturated carbocycles. The van der Waals surface area contributed by atoms with E-state index >= 15 is 0 Å². The molecule has 0 radical (unpaired) electrons. The third-order valence-electron chi connectivity index (χ3n) is 1.44. The second-order valence-electron chi connectivity index (χ2n) is 2.02. The van der Waals surface area contributed by atoms with E-state index in [1.165, 1.54) is 0 Å². The van der Waals surface area contributed by atoms with Gasteiger partial charge >= 0.3 is 0 Å². The van der Waals surface area contributed by atoms with Crippen LogP contribution in [0.2, 0.25) is 0 Å². The Balaban J connectivity index is 3.01. The Hall–Kier alpha value is -1.06. The molecule has 56 valence electrons. The molecule has 0 aliphatic carbocycles. The van der Waals surface area contributed by atoms with Crippen molar-refractivity contribution in [2.75, 3.05) is 7.11 Å². The molecule has 0 aliphatic heterocycles. The molecule has 0 amide bonds. The highest BCUT2D eigenvalue weighted by Crippen LogP contribution is 2.11. The molecule has 0 spiro atoms. The molecule has 0 aromatic carbocycles. The van der Waals surface area contributed by atoms with E-state index in [0.29, 0.717) is 5.88 Å². The largest absolute Gasteiger partial charge is 0.479 e. The van der Waals surface area contributed by atoms with Gasteiger partial charge in [-0.05, 0) is 6.42 Å². The van der Waals surface area contributed by atoms with Crippen LogP contribution in [0.4, 0.5) is 0 Å². The lowest BCUT2D eigenvalue weighted by Gasteiger charge is -1.97. The highest BCUT2D eigenvalue weighted by Gasteiger charge is 2.06. The molecule has 0 N–H and O–H groups in total. The number of methoxy groups -OCH3 is 1. The fourth-order valence-electron chi connectivity index (χ4n) is 0.897. The third kappa shape index (κ3) is 0.964. The van der Waals surface area contributed by atoms with Crippen molar-refractivity contribution in [1.82, 2.24) is 15.0 Å². The van der Waals surface area contributed by atoms with Gasteiger partial charge in [0, 0.05) is 7.05 Å². The number of ether oxygens (including phenoxy) is 1. The van der Waals surface area contributed by atoms with Crippen LogP contribution < -0.4 is 4.74 Å². The minimum absolute atomic E-state index is 0.630. The van der Waals surface area contributed by atoms with Gasteiger partial charge < -0.3 is 4.74 Å². The molecule has 1 heterocycles. The topological polar surface area (TPSA) is 39.9 Å². The minimum Gasteiger partial charge on any atom is -0.479 e. The van der Waals surface area contributed by atoms with Crippen molar-refractivity contribution >= 4 is 0 Å². The molecule has 0 bridgehead atoms. The molecule has 0 saturated heterocycles. The SMILES string of the molecule is CCc1c(OC)nnn1C. The van der Waals surface area contributed by atoms with E-state index in [0.717, 1.165) is 12.1 Å². The highest BCUT2D eigenvalue weighted by atomic mass is 16.5. The first kappa shape index (κ1) is 7.05. The van der Waals surface area contributed by atoms with Crippen molar-refractivity contribution in [2.24, 2.45) is 7.05 Å². The van der Waals surface area contributed by atoms with Gasteiger partial charge in [0.05, 0.1) is 7.11 Å². The van der Waals surface area contributed by atoms with Gasteiger partial charge in [0.1, 0.15) is 5.69 Å². The van der Waals surface area contributed by atoms with Gasteiger partial charge in [-0.1, -0.05) is 17.2 Å². The van der Waals surface area contributed by atoms with E-state index in [4.69, 9.17) is 4.74 Å². The Morgan fingerprint density at radius 3 is 2.70 bits per heavy atom. The molecule has 0 atom stereocenters. The summed E-state index contributed by atoms with van der Waals surface area (Å²) in [6, 6.07) is 0. The predicted octanol–water partition coefficient (Wildman–Crippen LogP) is 0.386. The van der Waals surface area contributed by atoms with Crippen LogP contribution >= 0.6 is 0 Å². The lowest BCUT2D eigenvalue weighted by Crippen LogP contribution is -1.97. The highest BCUT2D eigenvalue weighted by molar-refractivity contribution is 5.15. The fourth-order valence-corrected chi connectivity index (χ4v) is 0.897. The second kappa shape index (κ2) is 2.68. The Kier molecular flexibility index (Phi) is 1.89. The van der Waals surface area contributed by atoms with Crippen LogP contribution in [-0.2, 0) is 13.5 Å². The number of nitrogens with zero attached hydrogens (tertiary/aromatic N) is 3. The summed E-state index contributed by atoms with van der Waals surface area (Å²) >= 11 is 0. The number of hydrogen-bond donors (Lipinski definition) is 0. The Morgan fingerprint density at radius 1 is 1.60 bits per heavy atom. The van der Waals surface area contributed by atoms with Crippen LogP contribution in [0, 0.1) is 0 Å². The molecule has 0 aliphatic rings. The van der Waals surface area contributed by atoms with Crippen LogP contribution in [0.3, 0.4) is 0 Å². The third-order valence-corrected chi connectivity index (χ3v) is 1.44. The normalized spacial score (nSPS) is 9.90. The zero-order chi connectivity index (χ0) is 7.56. The molecule has 0 fully saturated rings. The van der Waals surface area contributed by atoms with E-state index in [1.807, 2.05) is 14.0 Å². The van der Waals surface area contributed by atoms with Crippen LogP contribution in [0.1, 0.15) is 12.6 Å². The monoisotopic (exact) mass is 141 g/mol. The lowest BCUT2D eigenvalue weighted by atomic mass is 10.3. The Morgan fingerprint density at radius 2 is 2.30 bits per heavy atom. The van der Waals surface area contributed by atoms with Crippen molar-refractivity contribution in [2.45, 2.75) is 13.3 Å². The predicted molar refractivity (Wildman–Crippen MR) is 36.9 cm³/mol. The van der Waals surface area contributed by atoms with Gasteiger partial charge in [0.15, 0.2) is 0 Å². The molecule has 1 aromatic rings. The first-order valence-corrected chi connectivity index (χ1v) is 3.22. The molecular weight excluding hydrogens is 130 g/mol. The van der Waals surface area contributed by atoms with Crippen LogP contribution in [0.25, 0.3) is 0 Å². The average molecular weight is 141 g/mol. The van der Waals surface area contributed by atoms with Crippen molar-refractivity contribution in [3.8, 4) is 5.88 Å². The van der Waals surface area contributed by atoms with Crippen LogP contribution in [0.15, 0.2) is 0 Å². The van der Waals surface area contributed by atoms with Crippen LogP contribution in [-0.4, -0.2) is 22.1 Å². The fraction of sp³-hybridized carbons (Fsp3) is 0.667. The maximum absolute atomic E-state index is 4.96. The first-order valence-electron chi connectivity index (χ1n) is 3.22. The summed E-state index contributed by atoms with van der Waals surface area (Å²) in [5.74, 6) is 0.630. The summed E-state index contributed by atoms with van der Waals surface area (Å²) in [6.45, 7) is 2.04. The molecule has 4 heteroatoms. The van der Waals surface area contributed by atoms with Gasteiger partial charge in [-0.15, -0.1) is 0 Å². The summed E-state index contributed by atoms with van der Waals surface area (Å²) in [5.41, 5.74) is 1.03. The smallest absolute Gasteiger partial charge is 0.256 e. The second-order valence-corrected chi connectivity index (χ2v) is 2.02. The maximum Gasteiger partial charge on any atom is 0.256 e. The molecule has 4 nitrogen and oxygen atoms in total. The molecule has 1 aromatic heterocycles. The van der Waals surface area contributed by atoms with E-state index in [9.17, 15) is 0 Å². The van der Waals surface area contributed by atoms with E-state index < -0.39 is 0 Å². The van der Waals surface area contributed by atoms with Gasteiger partial charge in [0.25, 0.3) is 5.88 Å². The Bertz CT molecular complexity index is 219. The van der Waals surface area contributed by atoms with E-state index in [2.05, 4.69) is 10.3 Å². The van der Waals surface area contributed by atoms with Crippen molar-refractivity contribution in [1.29, 1.82) is 0 Å². The quantitative estimate of drug-likeness (QED) is 0.598. The van der Waals surface area contributed by atoms with E-state index in [1.54, 1.807) is 11.8 Å². The molecular formula is C6H11N3O. The summed E-state index contributed by atoms with van der Waals surface area (Å²) < 4.78 is 6.68. The van der Waals surface area contributed by atoms with Gasteiger partial charge in [-0.25, -0.2) is 4.68 Å². The zero-order valence-corrected chi connectivity index (χ0v) is 6.46. The summed E-state index contributed by atoms with van der Waals surface area (Å²) in [7, 11) is 3.46. The molecule has 1 rings (SSSR count). The van der Waals surface area contributed by atoms with Gasteiger partial charge in [-0.3, -0.25) is 0 Å². The summed E-state index contributed by atoms with van der Waals surface area (Å²) in [5, 5.41) is 7.60. The van der Waals surface area contributed by atoms with Gasteiger partial charge in [0.2, 0.25) is 0 Å². The first-order chi connectivity index (χ1) is 4.79. The summed E-state index contributed by atoms with van der Waals surface area (Å²) in [6.07, 6.45) is 0.896. The van der Waals surface area contributed by atoms with Crippen LogP contribution in [0.5, 0.6) is 5.88 Å². The Labute approximate surface area is 59.8 Å². The van der Waals surface area contributed by atoms with Crippen molar-refractivity contribution in [3.05, 3.63) is 5.69 Å². The number of aryl methyl sites for hydroxylation is 1. The average Bonchev–Trinajstić information content (AvgIpc) is 2.30. The number of rotatable bonds is 2. The van der Waals surface area contributed by atoms with E-state index in [-0.39, 0.29) is 0 Å². The van der Waals surface area contributed by atoms with Gasteiger partial charge in [-0.2, -0.15) is 0 Å². The number of aromatic nitrogens is 3. The standard InChI is InChI=1S/C6H11N3O/c1-4-5-6(10-3)7-8-9(5)2/h4H2,1-3H3. The molecule has 0 unspecified atom stereocenters. The molecule has 10 heavy (non-hydrogen) atoms. The maximum atomic E-state index is 4.96. The van der Waals surface area contributed by atoms with Crippen molar-refractivity contribution < 1.29 is 4.74 Å². The number of hydrogen-bond acceptors (Lipinski definition) is 3. The summed E-state index contributed by atoms with van der Waals surface area (Å²) in [4.78, 5) is 0. The van der Waals surface area contributed by atoms with Crippen molar-refractivity contribution in [3.63, 3.8) is 0 Å². The minimum atomic E-state index is 0.630. The zero-order valence-electron chi connectivity index (χ0n) is 6.46. The lowest BCUT2D eigenvalue weighted by molar-refractivity contribution is 0.392.